The van der Waals surface area contributed by atoms with Crippen LogP contribution < -0.4 is 4.74 Å². The molecule has 2 aromatic rings. The summed E-state index contributed by atoms with van der Waals surface area (Å²) in [7, 11) is 0. The van der Waals surface area contributed by atoms with Gasteiger partial charge in [-0.05, 0) is 55.0 Å². The van der Waals surface area contributed by atoms with E-state index in [4.69, 9.17) is 4.74 Å². The molecule has 0 radical (unpaired) electrons. The number of aryl methyl sites for hydroxylation is 1. The maximum Gasteiger partial charge on any atom is 0.130 e. The molecule has 1 fully saturated rings. The molecule has 1 aromatic heterocycles. The number of rotatable bonds is 4. The van der Waals surface area contributed by atoms with Crippen molar-refractivity contribution < 1.29 is 4.74 Å². The maximum absolute atomic E-state index is 5.82. The van der Waals surface area contributed by atoms with Gasteiger partial charge in [-0.15, -0.1) is 0 Å². The zero-order valence-corrected chi connectivity index (χ0v) is 10.6. The Morgan fingerprint density at radius 2 is 2.11 bits per heavy atom. The van der Waals surface area contributed by atoms with Crippen molar-refractivity contribution in [2.75, 3.05) is 0 Å². The smallest absolute Gasteiger partial charge is 0.130 e. The monoisotopic (exact) mass is 239 g/mol. The summed E-state index contributed by atoms with van der Waals surface area (Å²) in [5.41, 5.74) is 3.64. The van der Waals surface area contributed by atoms with Gasteiger partial charge < -0.3 is 4.74 Å². The van der Waals surface area contributed by atoms with Gasteiger partial charge in [0, 0.05) is 6.20 Å². The molecule has 1 saturated carbocycles. The molecule has 0 spiro atoms. The quantitative estimate of drug-likeness (QED) is 0.808. The van der Waals surface area contributed by atoms with Gasteiger partial charge in [-0.2, -0.15) is 0 Å². The van der Waals surface area contributed by atoms with E-state index in [1.54, 1.807) is 6.20 Å². The van der Waals surface area contributed by atoms with Crippen LogP contribution in [0.25, 0.3) is 0 Å². The lowest BCUT2D eigenvalue weighted by Gasteiger charge is -2.10. The van der Waals surface area contributed by atoms with E-state index in [1.165, 1.54) is 24.0 Å². The third-order valence-corrected chi connectivity index (χ3v) is 3.35. The fourth-order valence-electron chi connectivity index (χ4n) is 2.14. The number of aromatic nitrogens is 1. The maximum atomic E-state index is 5.82. The van der Waals surface area contributed by atoms with Crippen molar-refractivity contribution in [2.24, 2.45) is 0 Å². The van der Waals surface area contributed by atoms with Crippen molar-refractivity contribution in [2.45, 2.75) is 32.3 Å². The molecule has 0 N–H and O–H groups in total. The molecule has 0 aliphatic heterocycles. The molecular weight excluding hydrogens is 222 g/mol. The Bertz CT molecular complexity index is 532. The number of pyridine rings is 1. The molecule has 3 rings (SSSR count). The van der Waals surface area contributed by atoms with Gasteiger partial charge in [-0.25, -0.2) is 0 Å². The predicted molar refractivity (Wildman–Crippen MR) is 71.7 cm³/mol. The van der Waals surface area contributed by atoms with Gasteiger partial charge >= 0.3 is 0 Å². The summed E-state index contributed by atoms with van der Waals surface area (Å²) in [5, 5.41) is 0. The van der Waals surface area contributed by atoms with Crippen molar-refractivity contribution in [3.05, 3.63) is 59.4 Å². The van der Waals surface area contributed by atoms with Gasteiger partial charge in [0.15, 0.2) is 0 Å². The average Bonchev–Trinajstić information content (AvgIpc) is 3.23. The third-order valence-electron chi connectivity index (χ3n) is 3.35. The number of ether oxygens (including phenoxy) is 1. The minimum Gasteiger partial charge on any atom is -0.487 e. The zero-order chi connectivity index (χ0) is 12.4. The van der Waals surface area contributed by atoms with Crippen molar-refractivity contribution in [3.8, 4) is 5.75 Å². The van der Waals surface area contributed by atoms with E-state index in [0.717, 1.165) is 17.4 Å². The first kappa shape index (κ1) is 11.3. The number of hydrogen-bond acceptors (Lipinski definition) is 2. The Labute approximate surface area is 108 Å². The number of hydrogen-bond donors (Lipinski definition) is 0. The van der Waals surface area contributed by atoms with Gasteiger partial charge in [0.2, 0.25) is 0 Å². The van der Waals surface area contributed by atoms with Crippen LogP contribution in [0, 0.1) is 6.92 Å². The second-order valence-electron chi connectivity index (χ2n) is 4.91. The highest BCUT2D eigenvalue weighted by molar-refractivity contribution is 5.38. The molecule has 2 nitrogen and oxygen atoms in total. The molecule has 92 valence electrons. The van der Waals surface area contributed by atoms with E-state index in [2.05, 4.69) is 30.1 Å². The van der Waals surface area contributed by atoms with Crippen LogP contribution in [0.1, 0.15) is 35.6 Å². The van der Waals surface area contributed by atoms with Crippen molar-refractivity contribution >= 4 is 0 Å². The highest BCUT2D eigenvalue weighted by Crippen LogP contribution is 2.41. The molecule has 2 heteroatoms. The molecule has 1 aliphatic carbocycles. The van der Waals surface area contributed by atoms with Crippen LogP contribution in [0.15, 0.2) is 42.6 Å². The Morgan fingerprint density at radius 3 is 2.78 bits per heavy atom. The molecular formula is C16H17NO. The average molecular weight is 239 g/mol. The van der Waals surface area contributed by atoms with E-state index < -0.39 is 0 Å². The van der Waals surface area contributed by atoms with E-state index in [1.807, 2.05) is 18.2 Å². The summed E-state index contributed by atoms with van der Waals surface area (Å²) in [6.45, 7) is 2.64. The standard InChI is InChI=1S/C16H17NO/c1-12-10-14(13-5-6-13)7-8-16(12)18-11-15-4-2-3-9-17-15/h2-4,7-10,13H,5-6,11H2,1H3. The van der Waals surface area contributed by atoms with Gasteiger partial charge in [0.05, 0.1) is 5.69 Å². The molecule has 1 aliphatic rings. The number of benzene rings is 1. The first-order valence-corrected chi connectivity index (χ1v) is 6.46. The topological polar surface area (TPSA) is 22.1 Å². The van der Waals surface area contributed by atoms with Crippen LogP contribution in [-0.2, 0) is 6.61 Å². The fraction of sp³-hybridized carbons (Fsp3) is 0.312. The Balaban J connectivity index is 1.69. The summed E-state index contributed by atoms with van der Waals surface area (Å²) < 4.78 is 5.82. The third kappa shape index (κ3) is 2.53. The van der Waals surface area contributed by atoms with Gasteiger partial charge in [0.25, 0.3) is 0 Å². The van der Waals surface area contributed by atoms with Crippen LogP contribution in [0.3, 0.4) is 0 Å². The van der Waals surface area contributed by atoms with Gasteiger partial charge in [0.1, 0.15) is 12.4 Å². The van der Waals surface area contributed by atoms with Crippen molar-refractivity contribution in [1.29, 1.82) is 0 Å². The van der Waals surface area contributed by atoms with Crippen LogP contribution in [0.2, 0.25) is 0 Å². The van der Waals surface area contributed by atoms with Crippen LogP contribution in [0.5, 0.6) is 5.75 Å². The first-order chi connectivity index (χ1) is 8.83. The van der Waals surface area contributed by atoms with Crippen LogP contribution >= 0.6 is 0 Å². The second kappa shape index (κ2) is 4.81. The van der Waals surface area contributed by atoms with Gasteiger partial charge in [-0.1, -0.05) is 18.2 Å². The Kier molecular flexibility index (Phi) is 3.01. The normalized spacial score (nSPS) is 14.5. The van der Waals surface area contributed by atoms with Crippen molar-refractivity contribution in [1.82, 2.24) is 4.98 Å². The minimum atomic E-state index is 0.532. The van der Waals surface area contributed by atoms with Gasteiger partial charge in [-0.3, -0.25) is 4.98 Å². The lowest BCUT2D eigenvalue weighted by Crippen LogP contribution is -1.99. The first-order valence-electron chi connectivity index (χ1n) is 6.46. The summed E-state index contributed by atoms with van der Waals surface area (Å²) in [6.07, 6.45) is 4.48. The second-order valence-corrected chi connectivity index (χ2v) is 4.91. The number of nitrogens with zero attached hydrogens (tertiary/aromatic N) is 1. The van der Waals surface area contributed by atoms with Crippen LogP contribution in [0.4, 0.5) is 0 Å². The molecule has 0 bridgehead atoms. The van der Waals surface area contributed by atoms with Crippen LogP contribution in [-0.4, -0.2) is 4.98 Å². The lowest BCUT2D eigenvalue weighted by atomic mass is 10.1. The highest BCUT2D eigenvalue weighted by Gasteiger charge is 2.23. The fourth-order valence-corrected chi connectivity index (χ4v) is 2.14. The van der Waals surface area contributed by atoms with Crippen molar-refractivity contribution in [3.63, 3.8) is 0 Å². The van der Waals surface area contributed by atoms with E-state index >= 15 is 0 Å². The molecule has 0 saturated heterocycles. The van der Waals surface area contributed by atoms with E-state index in [-0.39, 0.29) is 0 Å². The summed E-state index contributed by atoms with van der Waals surface area (Å²) in [4.78, 5) is 4.25. The lowest BCUT2D eigenvalue weighted by molar-refractivity contribution is 0.299. The molecule has 0 unspecified atom stereocenters. The highest BCUT2D eigenvalue weighted by atomic mass is 16.5. The van der Waals surface area contributed by atoms with E-state index in [0.29, 0.717) is 6.61 Å². The predicted octanol–water partition coefficient (Wildman–Crippen LogP) is 3.85. The molecule has 0 amide bonds. The molecule has 0 atom stereocenters. The Hall–Kier alpha value is -1.83. The summed E-state index contributed by atoms with van der Waals surface area (Å²) >= 11 is 0. The molecule has 18 heavy (non-hydrogen) atoms. The van der Waals surface area contributed by atoms with E-state index in [9.17, 15) is 0 Å². The SMILES string of the molecule is Cc1cc(C2CC2)ccc1OCc1ccccn1. The molecule has 1 heterocycles. The largest absolute Gasteiger partial charge is 0.487 e. The zero-order valence-electron chi connectivity index (χ0n) is 10.6. The minimum absolute atomic E-state index is 0.532. The molecule has 1 aromatic carbocycles. The Morgan fingerprint density at radius 1 is 1.22 bits per heavy atom. The summed E-state index contributed by atoms with van der Waals surface area (Å²) in [5.74, 6) is 1.76. The summed E-state index contributed by atoms with van der Waals surface area (Å²) in [6, 6.07) is 12.4.